The van der Waals surface area contributed by atoms with Crippen LogP contribution in [-0.2, 0) is 0 Å². The summed E-state index contributed by atoms with van der Waals surface area (Å²) in [6, 6.07) is 16.4. The number of imidazole rings is 1. The molecule has 0 amide bonds. The summed E-state index contributed by atoms with van der Waals surface area (Å²) in [6.45, 7) is 2.08. The standard InChI is InChI=1S/C17H14N4/c1-11-6-8-12(9-7-11)16-13(10-18-21-16)17-19-14-4-2-3-5-15(14)20-17/h2-10H,1H3,(H,18,21)(H,19,20). The van der Waals surface area contributed by atoms with Gasteiger partial charge in [-0.1, -0.05) is 42.0 Å². The SMILES string of the molecule is Cc1ccc(-c2[nH]ncc2-c2nc3ccccc3[nH]2)cc1. The molecule has 0 saturated carbocycles. The molecule has 102 valence electrons. The van der Waals surface area contributed by atoms with Gasteiger partial charge in [-0.3, -0.25) is 5.10 Å². The molecule has 0 spiro atoms. The summed E-state index contributed by atoms with van der Waals surface area (Å²) in [5.41, 5.74) is 6.30. The number of hydrogen-bond acceptors (Lipinski definition) is 2. The number of para-hydroxylation sites is 2. The lowest BCUT2D eigenvalue weighted by Crippen LogP contribution is -1.84. The average Bonchev–Trinajstić information content (AvgIpc) is 3.14. The van der Waals surface area contributed by atoms with Crippen molar-refractivity contribution in [2.75, 3.05) is 0 Å². The fraction of sp³-hybridized carbons (Fsp3) is 0.0588. The highest BCUT2D eigenvalue weighted by Crippen LogP contribution is 2.29. The molecular weight excluding hydrogens is 260 g/mol. The van der Waals surface area contributed by atoms with E-state index < -0.39 is 0 Å². The van der Waals surface area contributed by atoms with Crippen molar-refractivity contribution in [3.05, 3.63) is 60.3 Å². The summed E-state index contributed by atoms with van der Waals surface area (Å²) < 4.78 is 0. The van der Waals surface area contributed by atoms with Crippen LogP contribution in [0.5, 0.6) is 0 Å². The summed E-state index contributed by atoms with van der Waals surface area (Å²) in [5, 5.41) is 7.26. The van der Waals surface area contributed by atoms with Crippen molar-refractivity contribution in [2.45, 2.75) is 6.92 Å². The number of fused-ring (bicyclic) bond motifs is 1. The van der Waals surface area contributed by atoms with Gasteiger partial charge in [0.1, 0.15) is 5.82 Å². The van der Waals surface area contributed by atoms with E-state index in [4.69, 9.17) is 0 Å². The monoisotopic (exact) mass is 274 g/mol. The van der Waals surface area contributed by atoms with Gasteiger partial charge in [0.2, 0.25) is 0 Å². The van der Waals surface area contributed by atoms with E-state index in [9.17, 15) is 0 Å². The van der Waals surface area contributed by atoms with E-state index in [1.165, 1.54) is 5.56 Å². The third-order valence-corrected chi connectivity index (χ3v) is 3.62. The molecule has 0 saturated heterocycles. The summed E-state index contributed by atoms with van der Waals surface area (Å²) >= 11 is 0. The van der Waals surface area contributed by atoms with Gasteiger partial charge < -0.3 is 4.98 Å². The number of nitrogens with zero attached hydrogens (tertiary/aromatic N) is 2. The molecule has 0 aliphatic carbocycles. The lowest BCUT2D eigenvalue weighted by molar-refractivity contribution is 1.09. The fourth-order valence-corrected chi connectivity index (χ4v) is 2.49. The highest BCUT2D eigenvalue weighted by Gasteiger charge is 2.13. The molecule has 2 aromatic heterocycles. The second-order valence-corrected chi connectivity index (χ2v) is 5.13. The van der Waals surface area contributed by atoms with Crippen LogP contribution in [0.1, 0.15) is 5.56 Å². The van der Waals surface area contributed by atoms with E-state index >= 15 is 0 Å². The van der Waals surface area contributed by atoms with Crippen LogP contribution in [-0.4, -0.2) is 20.2 Å². The van der Waals surface area contributed by atoms with E-state index in [2.05, 4.69) is 51.4 Å². The van der Waals surface area contributed by atoms with Crippen LogP contribution in [0, 0.1) is 6.92 Å². The lowest BCUT2D eigenvalue weighted by Gasteiger charge is -2.01. The Balaban J connectivity index is 1.86. The number of benzene rings is 2. The predicted octanol–water partition coefficient (Wildman–Crippen LogP) is 3.93. The molecule has 4 heteroatoms. The molecule has 4 rings (SSSR count). The molecule has 2 N–H and O–H groups in total. The number of aromatic amines is 2. The second-order valence-electron chi connectivity index (χ2n) is 5.13. The zero-order valence-corrected chi connectivity index (χ0v) is 11.6. The minimum absolute atomic E-state index is 0.834. The fourth-order valence-electron chi connectivity index (χ4n) is 2.49. The largest absolute Gasteiger partial charge is 0.338 e. The number of aromatic nitrogens is 4. The molecule has 4 nitrogen and oxygen atoms in total. The molecular formula is C17H14N4. The van der Waals surface area contributed by atoms with E-state index in [1.807, 2.05) is 30.5 Å². The maximum absolute atomic E-state index is 4.64. The van der Waals surface area contributed by atoms with Crippen molar-refractivity contribution in [1.29, 1.82) is 0 Å². The number of aryl methyl sites for hydroxylation is 1. The van der Waals surface area contributed by atoms with Gasteiger partial charge in [-0.25, -0.2) is 4.98 Å². The van der Waals surface area contributed by atoms with Crippen molar-refractivity contribution < 1.29 is 0 Å². The van der Waals surface area contributed by atoms with Gasteiger partial charge >= 0.3 is 0 Å². The van der Waals surface area contributed by atoms with E-state index in [-0.39, 0.29) is 0 Å². The van der Waals surface area contributed by atoms with Crippen LogP contribution in [0.2, 0.25) is 0 Å². The molecule has 4 aromatic rings. The quantitative estimate of drug-likeness (QED) is 0.582. The molecule has 0 fully saturated rings. The van der Waals surface area contributed by atoms with Gasteiger partial charge in [-0.05, 0) is 19.1 Å². The summed E-state index contributed by atoms with van der Waals surface area (Å²) in [6.07, 6.45) is 1.81. The minimum atomic E-state index is 0.834. The summed E-state index contributed by atoms with van der Waals surface area (Å²) in [5.74, 6) is 0.834. The molecule has 0 unspecified atom stereocenters. The third kappa shape index (κ3) is 2.01. The van der Waals surface area contributed by atoms with Gasteiger partial charge in [0.05, 0.1) is 28.5 Å². The maximum atomic E-state index is 4.64. The first kappa shape index (κ1) is 11.9. The van der Waals surface area contributed by atoms with Crippen LogP contribution >= 0.6 is 0 Å². The van der Waals surface area contributed by atoms with E-state index in [0.717, 1.165) is 33.7 Å². The molecule has 2 heterocycles. The van der Waals surface area contributed by atoms with E-state index in [1.54, 1.807) is 0 Å². The highest BCUT2D eigenvalue weighted by molar-refractivity contribution is 5.83. The molecule has 0 aliphatic heterocycles. The number of rotatable bonds is 2. The topological polar surface area (TPSA) is 57.4 Å². The van der Waals surface area contributed by atoms with Gasteiger partial charge in [0.15, 0.2) is 0 Å². The van der Waals surface area contributed by atoms with Gasteiger partial charge in [0, 0.05) is 5.56 Å². The molecule has 21 heavy (non-hydrogen) atoms. The molecule has 0 aliphatic rings. The average molecular weight is 274 g/mol. The molecule has 0 bridgehead atoms. The Hall–Kier alpha value is -2.88. The smallest absolute Gasteiger partial charge is 0.142 e. The van der Waals surface area contributed by atoms with Crippen molar-refractivity contribution in [1.82, 2.24) is 20.2 Å². The van der Waals surface area contributed by atoms with Gasteiger partial charge in [-0.2, -0.15) is 5.10 Å². The van der Waals surface area contributed by atoms with Gasteiger partial charge in [-0.15, -0.1) is 0 Å². The Morgan fingerprint density at radius 3 is 2.57 bits per heavy atom. The minimum Gasteiger partial charge on any atom is -0.338 e. The predicted molar refractivity (Wildman–Crippen MR) is 83.8 cm³/mol. The highest BCUT2D eigenvalue weighted by atomic mass is 15.1. The Bertz CT molecular complexity index is 867. The van der Waals surface area contributed by atoms with Crippen molar-refractivity contribution in [3.63, 3.8) is 0 Å². The normalized spacial score (nSPS) is 11.1. The van der Waals surface area contributed by atoms with Crippen molar-refractivity contribution in [3.8, 4) is 22.6 Å². The van der Waals surface area contributed by atoms with Crippen molar-refractivity contribution >= 4 is 11.0 Å². The Morgan fingerprint density at radius 1 is 0.952 bits per heavy atom. The zero-order valence-electron chi connectivity index (χ0n) is 11.6. The second kappa shape index (κ2) is 4.59. The summed E-state index contributed by atoms with van der Waals surface area (Å²) in [4.78, 5) is 7.99. The Labute approximate surface area is 121 Å². The zero-order chi connectivity index (χ0) is 14.2. The first-order chi connectivity index (χ1) is 10.3. The van der Waals surface area contributed by atoms with Crippen molar-refractivity contribution in [2.24, 2.45) is 0 Å². The molecule has 2 aromatic carbocycles. The number of H-pyrrole nitrogens is 2. The van der Waals surface area contributed by atoms with Crippen LogP contribution in [0.25, 0.3) is 33.7 Å². The maximum Gasteiger partial charge on any atom is 0.142 e. The molecule has 0 atom stereocenters. The summed E-state index contributed by atoms with van der Waals surface area (Å²) in [7, 11) is 0. The van der Waals surface area contributed by atoms with Crippen LogP contribution in [0.3, 0.4) is 0 Å². The lowest BCUT2D eigenvalue weighted by atomic mass is 10.1. The third-order valence-electron chi connectivity index (χ3n) is 3.62. The Kier molecular flexibility index (Phi) is 2.60. The first-order valence-electron chi connectivity index (χ1n) is 6.87. The number of nitrogens with one attached hydrogen (secondary N) is 2. The number of hydrogen-bond donors (Lipinski definition) is 2. The van der Waals surface area contributed by atoms with Gasteiger partial charge in [0.25, 0.3) is 0 Å². The van der Waals surface area contributed by atoms with Crippen LogP contribution < -0.4 is 0 Å². The molecule has 0 radical (unpaired) electrons. The first-order valence-corrected chi connectivity index (χ1v) is 6.87. The van der Waals surface area contributed by atoms with Crippen LogP contribution in [0.4, 0.5) is 0 Å². The van der Waals surface area contributed by atoms with Crippen LogP contribution in [0.15, 0.2) is 54.7 Å². The Morgan fingerprint density at radius 2 is 1.76 bits per heavy atom. The van der Waals surface area contributed by atoms with E-state index in [0.29, 0.717) is 0 Å².